The van der Waals surface area contributed by atoms with E-state index in [1.807, 2.05) is 0 Å². The highest BCUT2D eigenvalue weighted by atomic mass is 19.1. The molecule has 1 amide bonds. The lowest BCUT2D eigenvalue weighted by Crippen LogP contribution is -2.16. The van der Waals surface area contributed by atoms with Gasteiger partial charge in [0.1, 0.15) is 17.3 Å². The van der Waals surface area contributed by atoms with Gasteiger partial charge in [0.05, 0.1) is 23.0 Å². The first kappa shape index (κ1) is 19.3. The molecular weight excluding hydrogens is 395 g/mol. The summed E-state index contributed by atoms with van der Waals surface area (Å²) in [6.07, 6.45) is 2.91. The molecule has 0 fully saturated rings. The van der Waals surface area contributed by atoms with Crippen LogP contribution in [-0.2, 0) is 0 Å². The van der Waals surface area contributed by atoms with Crippen molar-refractivity contribution in [2.75, 3.05) is 5.32 Å². The molecule has 0 unspecified atom stereocenters. The Balaban J connectivity index is 1.69. The lowest BCUT2D eigenvalue weighted by Gasteiger charge is -2.10. The van der Waals surface area contributed by atoms with E-state index >= 15 is 0 Å². The van der Waals surface area contributed by atoms with Crippen LogP contribution < -0.4 is 5.32 Å². The fraction of sp³-hybridized carbons (Fsp3) is 0. The number of amides is 1. The summed E-state index contributed by atoms with van der Waals surface area (Å²) in [5.74, 6) is -4.43. The molecule has 5 nitrogen and oxygen atoms in total. The van der Waals surface area contributed by atoms with Crippen LogP contribution in [0.1, 0.15) is 26.4 Å². The second-order valence-electron chi connectivity index (χ2n) is 6.37. The first-order valence-corrected chi connectivity index (χ1v) is 8.74. The molecule has 0 aliphatic rings. The van der Waals surface area contributed by atoms with Gasteiger partial charge >= 0.3 is 0 Å². The molecule has 0 spiro atoms. The van der Waals surface area contributed by atoms with Crippen molar-refractivity contribution >= 4 is 28.3 Å². The minimum atomic E-state index is -1.13. The molecular formula is C22H12F3N3O2. The van der Waals surface area contributed by atoms with Crippen LogP contribution in [0.2, 0.25) is 0 Å². The van der Waals surface area contributed by atoms with Gasteiger partial charge in [-0.1, -0.05) is 12.1 Å². The molecule has 1 N–H and O–H groups in total. The van der Waals surface area contributed by atoms with Crippen LogP contribution in [0.4, 0.5) is 18.9 Å². The van der Waals surface area contributed by atoms with Crippen molar-refractivity contribution in [1.82, 2.24) is 9.97 Å². The molecule has 4 aromatic rings. The normalized spacial score (nSPS) is 10.8. The highest BCUT2D eigenvalue weighted by Gasteiger charge is 2.21. The third-order valence-corrected chi connectivity index (χ3v) is 4.34. The summed E-state index contributed by atoms with van der Waals surface area (Å²) in [5, 5.41) is 2.77. The fourth-order valence-electron chi connectivity index (χ4n) is 2.91. The van der Waals surface area contributed by atoms with Crippen LogP contribution in [0.15, 0.2) is 67.0 Å². The maximum Gasteiger partial charge on any atom is 0.255 e. The van der Waals surface area contributed by atoms with Gasteiger partial charge in [0, 0.05) is 23.2 Å². The molecule has 0 radical (unpaired) electrons. The van der Waals surface area contributed by atoms with E-state index in [1.54, 1.807) is 18.3 Å². The van der Waals surface area contributed by atoms with Crippen molar-refractivity contribution in [2.24, 2.45) is 0 Å². The van der Waals surface area contributed by atoms with E-state index in [-0.39, 0.29) is 11.3 Å². The van der Waals surface area contributed by atoms with Gasteiger partial charge in [-0.3, -0.25) is 19.6 Å². The molecule has 8 heteroatoms. The van der Waals surface area contributed by atoms with Crippen molar-refractivity contribution in [2.45, 2.75) is 0 Å². The van der Waals surface area contributed by atoms with E-state index in [2.05, 4.69) is 15.3 Å². The molecule has 2 aromatic heterocycles. The molecule has 2 heterocycles. The van der Waals surface area contributed by atoms with Gasteiger partial charge in [-0.05, 0) is 36.4 Å². The molecule has 0 aliphatic carbocycles. The van der Waals surface area contributed by atoms with Gasteiger partial charge in [0.25, 0.3) is 5.91 Å². The Morgan fingerprint density at radius 3 is 2.50 bits per heavy atom. The van der Waals surface area contributed by atoms with E-state index in [0.29, 0.717) is 10.9 Å². The highest BCUT2D eigenvalue weighted by Crippen LogP contribution is 2.24. The maximum atomic E-state index is 14.9. The van der Waals surface area contributed by atoms with Gasteiger partial charge in [-0.2, -0.15) is 0 Å². The predicted molar refractivity (Wildman–Crippen MR) is 104 cm³/mol. The number of carbonyl (C=O) groups is 2. The molecule has 148 valence electrons. The van der Waals surface area contributed by atoms with Gasteiger partial charge in [-0.15, -0.1) is 0 Å². The van der Waals surface area contributed by atoms with Crippen LogP contribution in [0.25, 0.3) is 10.9 Å². The number of nitrogens with one attached hydrogen (secondary N) is 1. The topological polar surface area (TPSA) is 72.0 Å². The Hall–Kier alpha value is -4.07. The third kappa shape index (κ3) is 3.75. The maximum absolute atomic E-state index is 14.9. The van der Waals surface area contributed by atoms with Gasteiger partial charge in [0.15, 0.2) is 5.82 Å². The standard InChI is InChI=1S/C22H12F3N3O2/c23-14-5-1-3-13(7-14)22(30)28-17-10-15(24)9-16(20(17)25)21(29)18-8-12-4-2-6-26-19(12)11-27-18/h1-11H,(H,28,30). The number of ketones is 1. The highest BCUT2D eigenvalue weighted by molar-refractivity contribution is 6.10. The minimum Gasteiger partial charge on any atom is -0.319 e. The SMILES string of the molecule is O=C(Nc1cc(F)cc(C(=O)c2cc3cccnc3cn2)c1F)c1cccc(F)c1. The predicted octanol–water partition coefficient (Wildman–Crippen LogP) is 4.53. The Bertz CT molecular complexity index is 1310. The number of carbonyl (C=O) groups excluding carboxylic acids is 2. The third-order valence-electron chi connectivity index (χ3n) is 4.34. The lowest BCUT2D eigenvalue weighted by atomic mass is 10.0. The zero-order valence-electron chi connectivity index (χ0n) is 15.2. The van der Waals surface area contributed by atoms with E-state index < -0.39 is 40.4 Å². The number of aromatic nitrogens is 2. The van der Waals surface area contributed by atoms with Gasteiger partial charge in [0.2, 0.25) is 5.78 Å². The van der Waals surface area contributed by atoms with Crippen LogP contribution in [-0.4, -0.2) is 21.7 Å². The summed E-state index contributed by atoms with van der Waals surface area (Å²) in [4.78, 5) is 33.1. The monoisotopic (exact) mass is 407 g/mol. The summed E-state index contributed by atoms with van der Waals surface area (Å²) < 4.78 is 42.3. The quantitative estimate of drug-likeness (QED) is 0.505. The summed E-state index contributed by atoms with van der Waals surface area (Å²) >= 11 is 0. The van der Waals surface area contributed by atoms with E-state index in [4.69, 9.17) is 0 Å². The van der Waals surface area contributed by atoms with E-state index in [0.717, 1.165) is 24.3 Å². The van der Waals surface area contributed by atoms with Crippen molar-refractivity contribution < 1.29 is 22.8 Å². The summed E-state index contributed by atoms with van der Waals surface area (Å²) in [6.45, 7) is 0. The van der Waals surface area contributed by atoms with Crippen molar-refractivity contribution in [3.05, 3.63) is 101 Å². The number of halogens is 3. The molecule has 4 rings (SSSR count). The second kappa shape index (κ2) is 7.75. The van der Waals surface area contributed by atoms with Crippen LogP contribution >= 0.6 is 0 Å². The Kier molecular flexibility index (Phi) is 4.97. The van der Waals surface area contributed by atoms with Crippen molar-refractivity contribution in [3.63, 3.8) is 0 Å². The number of fused-ring (bicyclic) bond motifs is 1. The molecule has 2 aromatic carbocycles. The number of benzene rings is 2. The average molecular weight is 407 g/mol. The number of hydrogen-bond donors (Lipinski definition) is 1. The second-order valence-corrected chi connectivity index (χ2v) is 6.37. The minimum absolute atomic E-state index is 0.0877. The first-order valence-electron chi connectivity index (χ1n) is 8.74. The molecule has 0 aliphatic heterocycles. The van der Waals surface area contributed by atoms with Crippen molar-refractivity contribution in [1.29, 1.82) is 0 Å². The number of anilines is 1. The molecule has 0 bridgehead atoms. The zero-order valence-corrected chi connectivity index (χ0v) is 15.2. The summed E-state index contributed by atoms with van der Waals surface area (Å²) in [7, 11) is 0. The Morgan fingerprint density at radius 2 is 1.70 bits per heavy atom. The number of hydrogen-bond acceptors (Lipinski definition) is 4. The van der Waals surface area contributed by atoms with Crippen LogP contribution in [0.3, 0.4) is 0 Å². The fourth-order valence-corrected chi connectivity index (χ4v) is 2.91. The summed E-state index contributed by atoms with van der Waals surface area (Å²) in [5.41, 5.74) is -0.801. The van der Waals surface area contributed by atoms with E-state index in [1.165, 1.54) is 24.4 Å². The Morgan fingerprint density at radius 1 is 0.867 bits per heavy atom. The van der Waals surface area contributed by atoms with Gasteiger partial charge in [-0.25, -0.2) is 13.2 Å². The van der Waals surface area contributed by atoms with Crippen LogP contribution in [0.5, 0.6) is 0 Å². The van der Waals surface area contributed by atoms with E-state index in [9.17, 15) is 22.8 Å². The zero-order chi connectivity index (χ0) is 21.3. The smallest absolute Gasteiger partial charge is 0.255 e. The first-order chi connectivity index (χ1) is 14.4. The van der Waals surface area contributed by atoms with Crippen LogP contribution in [0, 0.1) is 17.5 Å². The van der Waals surface area contributed by atoms with Gasteiger partial charge < -0.3 is 5.32 Å². The lowest BCUT2D eigenvalue weighted by molar-refractivity contribution is 0.101. The number of nitrogens with zero attached hydrogens (tertiary/aromatic N) is 2. The molecule has 30 heavy (non-hydrogen) atoms. The van der Waals surface area contributed by atoms with Crippen molar-refractivity contribution in [3.8, 4) is 0 Å². The average Bonchev–Trinajstić information content (AvgIpc) is 2.75. The number of pyridine rings is 2. The molecule has 0 saturated heterocycles. The summed E-state index contributed by atoms with van der Waals surface area (Å²) in [6, 6.07) is 11.0. The Labute approximate surface area is 168 Å². The molecule has 0 saturated carbocycles. The number of rotatable bonds is 4. The largest absolute Gasteiger partial charge is 0.319 e. The molecule has 0 atom stereocenters.